The zero-order valence-electron chi connectivity index (χ0n) is 11.8. The van der Waals surface area contributed by atoms with Crippen molar-refractivity contribution < 1.29 is 0 Å². The van der Waals surface area contributed by atoms with Crippen molar-refractivity contribution in [2.45, 2.75) is 56.7 Å². The Kier molecular flexibility index (Phi) is 5.34. The number of anilines is 1. The van der Waals surface area contributed by atoms with Crippen LogP contribution < -0.4 is 5.32 Å². The van der Waals surface area contributed by atoms with Crippen molar-refractivity contribution in [2.75, 3.05) is 11.6 Å². The van der Waals surface area contributed by atoms with E-state index in [1.807, 2.05) is 17.8 Å². The number of nitrogens with zero attached hydrogens (tertiary/aromatic N) is 2. The van der Waals surface area contributed by atoms with Crippen LogP contribution in [0, 0.1) is 0 Å². The van der Waals surface area contributed by atoms with Crippen molar-refractivity contribution in [1.29, 1.82) is 0 Å². The highest BCUT2D eigenvalue weighted by Crippen LogP contribution is 2.29. The predicted molar refractivity (Wildman–Crippen MR) is 84.3 cm³/mol. The molecule has 0 aromatic carbocycles. The monoisotopic (exact) mass is 299 g/mol. The van der Waals surface area contributed by atoms with E-state index >= 15 is 0 Å². The molecule has 1 saturated carbocycles. The molecule has 2 unspecified atom stereocenters. The SMILES string of the molecule is CSC1CCCC(Nc2cc(Cl)nc(C(C)C)n2)C1. The molecule has 1 aromatic heterocycles. The van der Waals surface area contributed by atoms with E-state index in [-0.39, 0.29) is 0 Å². The summed E-state index contributed by atoms with van der Waals surface area (Å²) in [7, 11) is 0. The minimum absolute atomic E-state index is 0.296. The van der Waals surface area contributed by atoms with E-state index in [1.165, 1.54) is 25.7 Å². The third kappa shape index (κ3) is 4.25. The van der Waals surface area contributed by atoms with Gasteiger partial charge in [0.15, 0.2) is 0 Å². The molecule has 0 bridgehead atoms. The molecule has 0 amide bonds. The lowest BCUT2D eigenvalue weighted by Gasteiger charge is -2.29. The number of thioether (sulfide) groups is 1. The van der Waals surface area contributed by atoms with Crippen LogP contribution in [0.15, 0.2) is 6.07 Å². The summed E-state index contributed by atoms with van der Waals surface area (Å²) in [5, 5.41) is 4.83. The van der Waals surface area contributed by atoms with Gasteiger partial charge >= 0.3 is 0 Å². The maximum atomic E-state index is 6.07. The van der Waals surface area contributed by atoms with Crippen LogP contribution in [0.1, 0.15) is 51.3 Å². The molecule has 0 saturated heterocycles. The first-order chi connectivity index (χ1) is 9.08. The molecule has 2 rings (SSSR count). The van der Waals surface area contributed by atoms with E-state index in [4.69, 9.17) is 11.6 Å². The Hall–Kier alpha value is -0.480. The number of rotatable bonds is 4. The summed E-state index contributed by atoms with van der Waals surface area (Å²) in [5.41, 5.74) is 0. The summed E-state index contributed by atoms with van der Waals surface area (Å²) >= 11 is 8.04. The van der Waals surface area contributed by atoms with E-state index < -0.39 is 0 Å². The Bertz CT molecular complexity index is 425. The fraction of sp³-hybridized carbons (Fsp3) is 0.714. The predicted octanol–water partition coefficient (Wildman–Crippen LogP) is 4.34. The van der Waals surface area contributed by atoms with Gasteiger partial charge in [-0.1, -0.05) is 31.9 Å². The Morgan fingerprint density at radius 1 is 1.37 bits per heavy atom. The summed E-state index contributed by atoms with van der Waals surface area (Å²) in [5.74, 6) is 1.98. The van der Waals surface area contributed by atoms with Gasteiger partial charge in [-0.2, -0.15) is 11.8 Å². The second-order valence-corrected chi connectivity index (χ2v) is 6.98. The molecule has 2 atom stereocenters. The molecule has 0 aliphatic heterocycles. The van der Waals surface area contributed by atoms with Crippen molar-refractivity contribution >= 4 is 29.2 Å². The first-order valence-corrected chi connectivity index (χ1v) is 8.59. The molecule has 1 fully saturated rings. The van der Waals surface area contributed by atoms with Crippen LogP contribution in [0.2, 0.25) is 5.15 Å². The second kappa shape index (κ2) is 6.80. The standard InChI is InChI=1S/C14H22ClN3S/c1-9(2)14-17-12(15)8-13(18-14)16-10-5-4-6-11(7-10)19-3/h8-11H,4-7H2,1-3H3,(H,16,17,18). The summed E-state index contributed by atoms with van der Waals surface area (Å²) in [6.45, 7) is 4.17. The van der Waals surface area contributed by atoms with Gasteiger partial charge in [0, 0.05) is 23.3 Å². The summed E-state index contributed by atoms with van der Waals surface area (Å²) in [6.07, 6.45) is 7.25. The van der Waals surface area contributed by atoms with E-state index in [0.29, 0.717) is 17.1 Å². The minimum atomic E-state index is 0.296. The van der Waals surface area contributed by atoms with E-state index in [1.54, 1.807) is 0 Å². The fourth-order valence-corrected chi connectivity index (χ4v) is 3.48. The molecular formula is C14H22ClN3S. The van der Waals surface area contributed by atoms with Crippen LogP contribution in [-0.2, 0) is 0 Å². The van der Waals surface area contributed by atoms with Crippen molar-refractivity contribution in [3.63, 3.8) is 0 Å². The average molecular weight is 300 g/mol. The van der Waals surface area contributed by atoms with Crippen molar-refractivity contribution in [3.05, 3.63) is 17.0 Å². The summed E-state index contributed by atoms with van der Waals surface area (Å²) in [6, 6.07) is 2.34. The van der Waals surface area contributed by atoms with Crippen molar-refractivity contribution in [1.82, 2.24) is 9.97 Å². The van der Waals surface area contributed by atoms with Crippen LogP contribution in [0.25, 0.3) is 0 Å². The van der Waals surface area contributed by atoms with Crippen LogP contribution >= 0.6 is 23.4 Å². The highest BCUT2D eigenvalue weighted by molar-refractivity contribution is 7.99. The highest BCUT2D eigenvalue weighted by atomic mass is 35.5. The van der Waals surface area contributed by atoms with Crippen LogP contribution in [-0.4, -0.2) is 27.5 Å². The normalized spacial score (nSPS) is 23.6. The van der Waals surface area contributed by atoms with Gasteiger partial charge < -0.3 is 5.32 Å². The molecule has 5 heteroatoms. The van der Waals surface area contributed by atoms with Crippen molar-refractivity contribution in [2.24, 2.45) is 0 Å². The Labute approximate surface area is 124 Å². The van der Waals surface area contributed by atoms with Gasteiger partial charge in [0.1, 0.15) is 16.8 Å². The molecule has 1 aliphatic carbocycles. The van der Waals surface area contributed by atoms with Gasteiger partial charge in [-0.15, -0.1) is 0 Å². The first kappa shape index (κ1) is 14.9. The van der Waals surface area contributed by atoms with Gasteiger partial charge in [-0.05, 0) is 25.5 Å². The minimum Gasteiger partial charge on any atom is -0.367 e. The lowest BCUT2D eigenvalue weighted by atomic mass is 9.95. The largest absolute Gasteiger partial charge is 0.367 e. The number of hydrogen-bond acceptors (Lipinski definition) is 4. The van der Waals surface area contributed by atoms with Gasteiger partial charge in [-0.3, -0.25) is 0 Å². The number of halogens is 1. The van der Waals surface area contributed by atoms with Crippen LogP contribution in [0.5, 0.6) is 0 Å². The Morgan fingerprint density at radius 3 is 2.84 bits per heavy atom. The third-order valence-electron chi connectivity index (χ3n) is 3.54. The quantitative estimate of drug-likeness (QED) is 0.839. The molecule has 19 heavy (non-hydrogen) atoms. The lowest BCUT2D eigenvalue weighted by Crippen LogP contribution is -2.29. The first-order valence-electron chi connectivity index (χ1n) is 6.92. The maximum absolute atomic E-state index is 6.07. The molecular weight excluding hydrogens is 278 g/mol. The molecule has 1 aromatic rings. The zero-order chi connectivity index (χ0) is 13.8. The Balaban J connectivity index is 2.06. The molecule has 0 spiro atoms. The zero-order valence-corrected chi connectivity index (χ0v) is 13.4. The molecule has 1 N–H and O–H groups in total. The van der Waals surface area contributed by atoms with E-state index in [2.05, 4.69) is 35.4 Å². The maximum Gasteiger partial charge on any atom is 0.135 e. The number of aromatic nitrogens is 2. The smallest absolute Gasteiger partial charge is 0.135 e. The molecule has 106 valence electrons. The topological polar surface area (TPSA) is 37.8 Å². The lowest BCUT2D eigenvalue weighted by molar-refractivity contribution is 0.472. The highest BCUT2D eigenvalue weighted by Gasteiger charge is 2.21. The summed E-state index contributed by atoms with van der Waals surface area (Å²) < 4.78 is 0. The van der Waals surface area contributed by atoms with Gasteiger partial charge in [0.25, 0.3) is 0 Å². The van der Waals surface area contributed by atoms with Gasteiger partial charge in [0.2, 0.25) is 0 Å². The number of hydrogen-bond donors (Lipinski definition) is 1. The number of nitrogens with one attached hydrogen (secondary N) is 1. The molecule has 1 heterocycles. The van der Waals surface area contributed by atoms with Crippen LogP contribution in [0.3, 0.4) is 0 Å². The molecule has 1 aliphatic rings. The third-order valence-corrected chi connectivity index (χ3v) is 4.83. The summed E-state index contributed by atoms with van der Waals surface area (Å²) in [4.78, 5) is 8.83. The van der Waals surface area contributed by atoms with Crippen LogP contribution in [0.4, 0.5) is 5.82 Å². The van der Waals surface area contributed by atoms with Gasteiger partial charge in [-0.25, -0.2) is 9.97 Å². The van der Waals surface area contributed by atoms with E-state index in [0.717, 1.165) is 16.9 Å². The van der Waals surface area contributed by atoms with E-state index in [9.17, 15) is 0 Å². The van der Waals surface area contributed by atoms with Crippen molar-refractivity contribution in [3.8, 4) is 0 Å². The fourth-order valence-electron chi connectivity index (χ4n) is 2.47. The van der Waals surface area contributed by atoms with Gasteiger partial charge in [0.05, 0.1) is 0 Å². The molecule has 3 nitrogen and oxygen atoms in total. The molecule has 0 radical (unpaired) electrons. The Morgan fingerprint density at radius 2 is 2.16 bits per heavy atom. The second-order valence-electron chi connectivity index (χ2n) is 5.45. The average Bonchev–Trinajstić information content (AvgIpc) is 2.38.